The second kappa shape index (κ2) is 15.6. The first-order valence-electron chi connectivity index (χ1n) is 12.5. The van der Waals surface area contributed by atoms with Gasteiger partial charge in [-0.15, -0.1) is 0 Å². The first kappa shape index (κ1) is 31.6. The molecule has 4 unspecified atom stereocenters. The van der Waals surface area contributed by atoms with Gasteiger partial charge in [-0.3, -0.25) is 19.2 Å². The molecule has 11 heteroatoms. The molecule has 0 aromatic heterocycles. The van der Waals surface area contributed by atoms with Crippen LogP contribution in [-0.4, -0.2) is 58.9 Å². The summed E-state index contributed by atoms with van der Waals surface area (Å²) in [7, 11) is 0. The van der Waals surface area contributed by atoms with Crippen molar-refractivity contribution in [1.29, 1.82) is 0 Å². The molecule has 4 amide bonds. The predicted octanol–water partition coefficient (Wildman–Crippen LogP) is 0.453. The SMILES string of the molecule is CC(C)CC(NC(=O)C(N)Cc1ccccc1)C(=O)NC(CC(C)C)C(=O)NC(CCC(N)=O)C(=O)O. The van der Waals surface area contributed by atoms with Gasteiger partial charge in [-0.25, -0.2) is 4.79 Å². The van der Waals surface area contributed by atoms with Crippen molar-refractivity contribution in [2.45, 2.75) is 84.0 Å². The van der Waals surface area contributed by atoms with Gasteiger partial charge in [0.25, 0.3) is 0 Å². The molecule has 1 aromatic rings. The molecule has 0 radical (unpaired) electrons. The molecule has 0 aliphatic rings. The Bertz CT molecular complexity index is 921. The molecule has 0 bridgehead atoms. The van der Waals surface area contributed by atoms with Gasteiger partial charge in [0.05, 0.1) is 6.04 Å². The van der Waals surface area contributed by atoms with Crippen molar-refractivity contribution in [3.8, 4) is 0 Å². The number of nitrogens with one attached hydrogen (secondary N) is 3. The van der Waals surface area contributed by atoms with E-state index in [0.29, 0.717) is 12.8 Å². The van der Waals surface area contributed by atoms with Crippen LogP contribution < -0.4 is 27.4 Å². The molecule has 1 aromatic carbocycles. The number of benzene rings is 1. The quantitative estimate of drug-likeness (QED) is 0.182. The number of amides is 4. The molecule has 8 N–H and O–H groups in total. The number of aliphatic carboxylic acids is 1. The first-order chi connectivity index (χ1) is 17.3. The van der Waals surface area contributed by atoms with Crippen LogP contribution in [0.1, 0.15) is 58.9 Å². The molecule has 11 nitrogen and oxygen atoms in total. The Balaban J connectivity index is 2.96. The van der Waals surface area contributed by atoms with E-state index in [4.69, 9.17) is 11.5 Å². The van der Waals surface area contributed by atoms with Gasteiger partial charge >= 0.3 is 5.97 Å². The molecule has 0 saturated heterocycles. The van der Waals surface area contributed by atoms with Crippen LogP contribution in [-0.2, 0) is 30.4 Å². The fraction of sp³-hybridized carbons (Fsp3) is 0.577. The lowest BCUT2D eigenvalue weighted by molar-refractivity contribution is -0.142. The van der Waals surface area contributed by atoms with Gasteiger partial charge in [0.1, 0.15) is 18.1 Å². The summed E-state index contributed by atoms with van der Waals surface area (Å²) in [5, 5.41) is 17.2. The molecule has 0 fully saturated rings. The zero-order valence-electron chi connectivity index (χ0n) is 22.0. The van der Waals surface area contributed by atoms with Gasteiger partial charge in [0, 0.05) is 6.42 Å². The first-order valence-corrected chi connectivity index (χ1v) is 12.5. The summed E-state index contributed by atoms with van der Waals surface area (Å²) >= 11 is 0. The third-order valence-corrected chi connectivity index (χ3v) is 5.61. The van der Waals surface area contributed by atoms with Crippen LogP contribution in [0.4, 0.5) is 0 Å². The lowest BCUT2D eigenvalue weighted by atomic mass is 9.99. The maximum absolute atomic E-state index is 13.2. The molecule has 37 heavy (non-hydrogen) atoms. The van der Waals surface area contributed by atoms with E-state index < -0.39 is 53.8 Å². The van der Waals surface area contributed by atoms with Crippen molar-refractivity contribution in [3.05, 3.63) is 35.9 Å². The largest absolute Gasteiger partial charge is 0.480 e. The predicted molar refractivity (Wildman–Crippen MR) is 139 cm³/mol. The van der Waals surface area contributed by atoms with Gasteiger partial charge in [0.2, 0.25) is 23.6 Å². The van der Waals surface area contributed by atoms with Crippen LogP contribution in [0.25, 0.3) is 0 Å². The Morgan fingerprint density at radius 1 is 0.784 bits per heavy atom. The molecule has 1 rings (SSSR count). The highest BCUT2D eigenvalue weighted by Crippen LogP contribution is 2.11. The number of hydrogen-bond donors (Lipinski definition) is 6. The van der Waals surface area contributed by atoms with E-state index in [0.717, 1.165) is 5.56 Å². The van der Waals surface area contributed by atoms with E-state index >= 15 is 0 Å². The number of carbonyl (C=O) groups excluding carboxylic acids is 4. The summed E-state index contributed by atoms with van der Waals surface area (Å²) in [6, 6.07) is 5.06. The van der Waals surface area contributed by atoms with E-state index in [9.17, 15) is 29.1 Å². The zero-order chi connectivity index (χ0) is 28.1. The maximum atomic E-state index is 13.2. The van der Waals surface area contributed by atoms with Crippen LogP contribution >= 0.6 is 0 Å². The fourth-order valence-corrected chi connectivity index (χ4v) is 3.73. The minimum absolute atomic E-state index is 0.0117. The van der Waals surface area contributed by atoms with E-state index in [1.54, 1.807) is 0 Å². The second-order valence-electron chi connectivity index (χ2n) is 10.1. The monoisotopic (exact) mass is 519 g/mol. The average Bonchev–Trinajstić information content (AvgIpc) is 2.80. The number of hydrogen-bond acceptors (Lipinski definition) is 6. The number of rotatable bonds is 16. The average molecular weight is 520 g/mol. The smallest absolute Gasteiger partial charge is 0.326 e. The zero-order valence-corrected chi connectivity index (χ0v) is 22.0. The number of primary amides is 1. The van der Waals surface area contributed by atoms with Crippen molar-refractivity contribution >= 4 is 29.6 Å². The molecule has 0 aliphatic heterocycles. The lowest BCUT2D eigenvalue weighted by Crippen LogP contribution is -2.57. The van der Waals surface area contributed by atoms with Gasteiger partial charge in [-0.1, -0.05) is 58.0 Å². The highest BCUT2D eigenvalue weighted by molar-refractivity contribution is 5.94. The lowest BCUT2D eigenvalue weighted by Gasteiger charge is -2.27. The van der Waals surface area contributed by atoms with Gasteiger partial charge in [-0.05, 0) is 43.1 Å². The molecule has 0 heterocycles. The molecular weight excluding hydrogens is 478 g/mol. The van der Waals surface area contributed by atoms with Crippen molar-refractivity contribution in [2.24, 2.45) is 23.3 Å². The highest BCUT2D eigenvalue weighted by Gasteiger charge is 2.31. The van der Waals surface area contributed by atoms with Crippen LogP contribution in [0.15, 0.2) is 30.3 Å². The molecule has 0 aliphatic carbocycles. The Morgan fingerprint density at radius 2 is 1.24 bits per heavy atom. The molecule has 206 valence electrons. The minimum atomic E-state index is -1.34. The molecular formula is C26H41N5O6. The Kier molecular flexibility index (Phi) is 13.3. The molecule has 0 saturated carbocycles. The Hall–Kier alpha value is -3.47. The highest BCUT2D eigenvalue weighted by atomic mass is 16.4. The van der Waals surface area contributed by atoms with Crippen molar-refractivity contribution < 1.29 is 29.1 Å². The number of carbonyl (C=O) groups is 5. The van der Waals surface area contributed by atoms with Crippen LogP contribution in [0.3, 0.4) is 0 Å². The van der Waals surface area contributed by atoms with Gasteiger partial charge in [0.15, 0.2) is 0 Å². The summed E-state index contributed by atoms with van der Waals surface area (Å²) in [5.74, 6) is -3.74. The number of nitrogens with two attached hydrogens (primary N) is 2. The number of carboxylic acid groups (broad SMARTS) is 1. The minimum Gasteiger partial charge on any atom is -0.480 e. The Morgan fingerprint density at radius 3 is 1.68 bits per heavy atom. The van der Waals surface area contributed by atoms with Crippen LogP contribution in [0.5, 0.6) is 0 Å². The third kappa shape index (κ3) is 12.4. The van der Waals surface area contributed by atoms with E-state index in [1.807, 2.05) is 58.0 Å². The fourth-order valence-electron chi connectivity index (χ4n) is 3.73. The summed E-state index contributed by atoms with van der Waals surface area (Å²) in [5.41, 5.74) is 12.1. The van der Waals surface area contributed by atoms with Crippen LogP contribution in [0, 0.1) is 11.8 Å². The standard InChI is InChI=1S/C26H41N5O6/c1-15(2)12-20(30-23(33)18(27)14-17-8-6-5-7-9-17)25(35)31-21(13-16(3)4)24(34)29-19(26(36)37)10-11-22(28)32/h5-9,15-16,18-21H,10-14,27H2,1-4H3,(H2,28,32)(H,29,34)(H,30,33)(H,31,35)(H,36,37). The maximum Gasteiger partial charge on any atom is 0.326 e. The van der Waals surface area contributed by atoms with E-state index in [-0.39, 0.29) is 31.1 Å². The van der Waals surface area contributed by atoms with Gasteiger partial charge < -0.3 is 32.5 Å². The summed E-state index contributed by atoms with van der Waals surface area (Å²) in [6.45, 7) is 7.49. The van der Waals surface area contributed by atoms with Crippen LogP contribution in [0.2, 0.25) is 0 Å². The van der Waals surface area contributed by atoms with Crippen molar-refractivity contribution in [3.63, 3.8) is 0 Å². The summed E-state index contributed by atoms with van der Waals surface area (Å²) < 4.78 is 0. The van der Waals surface area contributed by atoms with Crippen molar-refractivity contribution in [1.82, 2.24) is 16.0 Å². The second-order valence-corrected chi connectivity index (χ2v) is 10.1. The normalized spacial score (nSPS) is 14.4. The summed E-state index contributed by atoms with van der Waals surface area (Å²) in [6.07, 6.45) is 0.439. The third-order valence-electron chi connectivity index (χ3n) is 5.61. The van der Waals surface area contributed by atoms with Crippen molar-refractivity contribution in [2.75, 3.05) is 0 Å². The van der Waals surface area contributed by atoms with Gasteiger partial charge in [-0.2, -0.15) is 0 Å². The summed E-state index contributed by atoms with van der Waals surface area (Å²) in [4.78, 5) is 61.5. The molecule has 0 spiro atoms. The van der Waals surface area contributed by atoms with E-state index in [2.05, 4.69) is 16.0 Å². The Labute approximate surface area is 218 Å². The number of carboxylic acids is 1. The molecule has 4 atom stereocenters. The topological polar surface area (TPSA) is 194 Å². The van der Waals surface area contributed by atoms with E-state index in [1.165, 1.54) is 0 Å².